The van der Waals surface area contributed by atoms with Crippen molar-refractivity contribution in [3.05, 3.63) is 48.5 Å². The van der Waals surface area contributed by atoms with Crippen molar-refractivity contribution >= 4 is 22.6 Å². The van der Waals surface area contributed by atoms with Gasteiger partial charge in [-0.25, -0.2) is 4.98 Å². The van der Waals surface area contributed by atoms with Crippen LogP contribution in [0.15, 0.2) is 48.5 Å². The van der Waals surface area contributed by atoms with Gasteiger partial charge in [-0.15, -0.1) is 0 Å². The van der Waals surface area contributed by atoms with Gasteiger partial charge in [0.25, 0.3) is 0 Å². The summed E-state index contributed by atoms with van der Waals surface area (Å²) in [6.07, 6.45) is 1.82. The molecule has 27 heavy (non-hydrogen) atoms. The maximum atomic E-state index is 12.7. The molecule has 5 heteroatoms. The maximum Gasteiger partial charge on any atom is 0.227 e. The van der Waals surface area contributed by atoms with Gasteiger partial charge in [0.05, 0.1) is 11.0 Å². The first-order valence-electron chi connectivity index (χ1n) is 9.56. The van der Waals surface area contributed by atoms with Gasteiger partial charge in [0, 0.05) is 30.3 Å². The van der Waals surface area contributed by atoms with Crippen LogP contribution in [0.4, 0.5) is 5.69 Å². The van der Waals surface area contributed by atoms with E-state index in [-0.39, 0.29) is 11.8 Å². The summed E-state index contributed by atoms with van der Waals surface area (Å²) in [4.78, 5) is 19.8. The van der Waals surface area contributed by atoms with Gasteiger partial charge in [0.2, 0.25) is 5.91 Å². The Kier molecular flexibility index (Phi) is 4.70. The number of hydrogen-bond donors (Lipinski definition) is 1. The van der Waals surface area contributed by atoms with Gasteiger partial charge in [-0.3, -0.25) is 4.79 Å². The molecule has 0 aliphatic carbocycles. The Labute approximate surface area is 160 Å². The fraction of sp³-hybridized carbons (Fsp3) is 0.364. The van der Waals surface area contributed by atoms with Gasteiger partial charge in [-0.05, 0) is 57.6 Å². The third-order valence-corrected chi connectivity index (χ3v) is 5.75. The molecule has 0 saturated carbocycles. The normalized spacial score (nSPS) is 20.7. The molecule has 4 rings (SSSR count). The van der Waals surface area contributed by atoms with Crippen LogP contribution in [-0.4, -0.2) is 40.0 Å². The number of piperidine rings is 1. The summed E-state index contributed by atoms with van der Waals surface area (Å²) < 4.78 is 2.09. The van der Waals surface area contributed by atoms with E-state index in [4.69, 9.17) is 4.98 Å². The summed E-state index contributed by atoms with van der Waals surface area (Å²) in [5.74, 6) is 1.10. The molecule has 1 amide bonds. The zero-order valence-electron chi connectivity index (χ0n) is 16.1. The number of amides is 1. The molecule has 0 bridgehead atoms. The lowest BCUT2D eigenvalue weighted by molar-refractivity contribution is -0.121. The number of imidazole rings is 1. The second kappa shape index (κ2) is 7.16. The Bertz CT molecular complexity index is 977. The molecule has 1 aromatic heterocycles. The van der Waals surface area contributed by atoms with Crippen molar-refractivity contribution in [2.75, 3.05) is 18.9 Å². The van der Waals surface area contributed by atoms with Crippen LogP contribution in [0.3, 0.4) is 0 Å². The lowest BCUT2D eigenvalue weighted by Gasteiger charge is -2.34. The molecule has 2 heterocycles. The van der Waals surface area contributed by atoms with Crippen molar-refractivity contribution < 1.29 is 4.79 Å². The Hall–Kier alpha value is -2.66. The summed E-state index contributed by atoms with van der Waals surface area (Å²) in [7, 11) is 4.15. The highest BCUT2D eigenvalue weighted by Crippen LogP contribution is 2.27. The van der Waals surface area contributed by atoms with Crippen molar-refractivity contribution in [3.63, 3.8) is 0 Å². The number of carbonyl (C=O) groups excluding carboxylic acids is 1. The Morgan fingerprint density at radius 1 is 1.15 bits per heavy atom. The number of aryl methyl sites for hydroxylation is 1. The first-order valence-corrected chi connectivity index (χ1v) is 9.56. The molecular formula is C22H26N4O. The Morgan fingerprint density at radius 2 is 1.96 bits per heavy atom. The van der Waals surface area contributed by atoms with Crippen LogP contribution in [0, 0.1) is 5.92 Å². The van der Waals surface area contributed by atoms with E-state index in [9.17, 15) is 4.79 Å². The number of anilines is 1. The molecule has 1 saturated heterocycles. The van der Waals surface area contributed by atoms with Gasteiger partial charge in [-0.2, -0.15) is 0 Å². The van der Waals surface area contributed by atoms with Gasteiger partial charge in [-0.1, -0.05) is 24.3 Å². The van der Waals surface area contributed by atoms with Crippen molar-refractivity contribution in [1.82, 2.24) is 14.5 Å². The summed E-state index contributed by atoms with van der Waals surface area (Å²) in [6.45, 7) is 3.16. The fourth-order valence-corrected chi connectivity index (χ4v) is 3.91. The number of para-hydroxylation sites is 2. The molecule has 1 N–H and O–H groups in total. The Morgan fingerprint density at radius 3 is 2.74 bits per heavy atom. The van der Waals surface area contributed by atoms with Crippen LogP contribution in [0.5, 0.6) is 0 Å². The summed E-state index contributed by atoms with van der Waals surface area (Å²) in [5.41, 5.74) is 3.91. The third-order valence-electron chi connectivity index (χ3n) is 5.75. The molecular weight excluding hydrogens is 336 g/mol. The topological polar surface area (TPSA) is 50.2 Å². The van der Waals surface area contributed by atoms with Crippen molar-refractivity contribution in [1.29, 1.82) is 0 Å². The molecule has 140 valence electrons. The molecule has 1 fully saturated rings. The van der Waals surface area contributed by atoms with Gasteiger partial charge in [0.15, 0.2) is 0 Å². The highest BCUT2D eigenvalue weighted by Gasteiger charge is 2.28. The van der Waals surface area contributed by atoms with Gasteiger partial charge < -0.3 is 14.8 Å². The second-order valence-electron chi connectivity index (χ2n) is 7.60. The number of fused-ring (bicyclic) bond motifs is 1. The maximum absolute atomic E-state index is 12.7. The SMILES string of the molecule is C[C@H]1C[C@@H](C(=O)Nc2cccc(-c3nc4ccccc4n3C)c2)CCN1C. The number of nitrogens with zero attached hydrogens (tertiary/aromatic N) is 3. The standard InChI is InChI=1S/C22H26N4O/c1-15-13-17(11-12-25(15)2)22(27)23-18-8-6-7-16(14-18)21-24-19-9-4-5-10-20(19)26(21)3/h4-10,14-15,17H,11-13H2,1-3H3,(H,23,27)/t15-,17-/m0/s1. The number of benzene rings is 2. The molecule has 0 radical (unpaired) electrons. The van der Waals surface area contributed by atoms with Crippen molar-refractivity contribution in [3.8, 4) is 11.4 Å². The summed E-state index contributed by atoms with van der Waals surface area (Å²) in [5, 5.41) is 3.12. The van der Waals surface area contributed by atoms with Crippen LogP contribution >= 0.6 is 0 Å². The monoisotopic (exact) mass is 362 g/mol. The molecule has 1 aliphatic rings. The minimum Gasteiger partial charge on any atom is -0.327 e. The molecule has 0 unspecified atom stereocenters. The number of rotatable bonds is 3. The number of hydrogen-bond acceptors (Lipinski definition) is 3. The molecule has 3 aromatic rings. The van der Waals surface area contributed by atoms with E-state index in [0.29, 0.717) is 6.04 Å². The first kappa shape index (κ1) is 17.7. The lowest BCUT2D eigenvalue weighted by atomic mass is 9.91. The minimum absolute atomic E-state index is 0.0793. The molecule has 2 aromatic carbocycles. The van der Waals surface area contributed by atoms with Gasteiger partial charge in [0.1, 0.15) is 5.82 Å². The van der Waals surface area contributed by atoms with E-state index in [1.165, 1.54) is 0 Å². The van der Waals surface area contributed by atoms with E-state index in [1.807, 2.05) is 49.5 Å². The second-order valence-corrected chi connectivity index (χ2v) is 7.60. The van der Waals surface area contributed by atoms with E-state index in [2.05, 4.69) is 34.8 Å². The van der Waals surface area contributed by atoms with Crippen LogP contribution in [0.1, 0.15) is 19.8 Å². The highest BCUT2D eigenvalue weighted by atomic mass is 16.1. The Balaban J connectivity index is 1.55. The largest absolute Gasteiger partial charge is 0.327 e. The zero-order chi connectivity index (χ0) is 19.0. The van der Waals surface area contributed by atoms with Crippen molar-refractivity contribution in [2.45, 2.75) is 25.8 Å². The third kappa shape index (κ3) is 3.47. The summed E-state index contributed by atoms with van der Waals surface area (Å²) >= 11 is 0. The fourth-order valence-electron chi connectivity index (χ4n) is 3.91. The number of aromatic nitrogens is 2. The van der Waals surface area contributed by atoms with Gasteiger partial charge >= 0.3 is 0 Å². The van der Waals surface area contributed by atoms with Crippen molar-refractivity contribution in [2.24, 2.45) is 13.0 Å². The highest BCUT2D eigenvalue weighted by molar-refractivity contribution is 5.93. The molecule has 1 aliphatic heterocycles. The smallest absolute Gasteiger partial charge is 0.227 e. The predicted octanol–water partition coefficient (Wildman–Crippen LogP) is 3.91. The van der Waals surface area contributed by atoms with E-state index >= 15 is 0 Å². The molecule has 0 spiro atoms. The average Bonchev–Trinajstić information content (AvgIpc) is 3.01. The van der Waals surface area contributed by atoms with Crippen LogP contribution < -0.4 is 5.32 Å². The predicted molar refractivity (Wildman–Crippen MR) is 110 cm³/mol. The molecule has 5 nitrogen and oxygen atoms in total. The molecule has 2 atom stereocenters. The van der Waals surface area contributed by atoms with Crippen LogP contribution in [0.25, 0.3) is 22.4 Å². The number of carbonyl (C=O) groups is 1. The average molecular weight is 362 g/mol. The van der Waals surface area contributed by atoms with E-state index < -0.39 is 0 Å². The van der Waals surface area contributed by atoms with Crippen LogP contribution in [0.2, 0.25) is 0 Å². The quantitative estimate of drug-likeness (QED) is 0.768. The van der Waals surface area contributed by atoms with Crippen LogP contribution in [-0.2, 0) is 11.8 Å². The number of nitrogens with one attached hydrogen (secondary N) is 1. The lowest BCUT2D eigenvalue weighted by Crippen LogP contribution is -2.41. The zero-order valence-corrected chi connectivity index (χ0v) is 16.1. The number of likely N-dealkylation sites (tertiary alicyclic amines) is 1. The first-order chi connectivity index (χ1) is 13.0. The summed E-state index contributed by atoms with van der Waals surface area (Å²) in [6, 6.07) is 16.5. The minimum atomic E-state index is 0.0793. The van der Waals surface area contributed by atoms with E-state index in [0.717, 1.165) is 47.5 Å². The van der Waals surface area contributed by atoms with E-state index in [1.54, 1.807) is 0 Å².